The van der Waals surface area contributed by atoms with E-state index < -0.39 is 5.97 Å². The molecule has 0 spiro atoms. The summed E-state index contributed by atoms with van der Waals surface area (Å²) in [5.41, 5.74) is 0. The molecule has 2 aliphatic rings. The minimum Gasteiger partial charge on any atom is -0.480 e. The van der Waals surface area contributed by atoms with Crippen LogP contribution in [-0.4, -0.2) is 59.1 Å². The molecule has 0 bridgehead atoms. The Kier molecular flexibility index (Phi) is 3.82. The van der Waals surface area contributed by atoms with Gasteiger partial charge in [-0.2, -0.15) is 0 Å². The molecule has 0 aromatic carbocycles. The van der Waals surface area contributed by atoms with Gasteiger partial charge in [-0.15, -0.1) is 0 Å². The van der Waals surface area contributed by atoms with Gasteiger partial charge in [-0.05, 0) is 19.3 Å². The summed E-state index contributed by atoms with van der Waals surface area (Å²) in [6, 6.07) is 0.524. The molecule has 0 radical (unpaired) electrons. The summed E-state index contributed by atoms with van der Waals surface area (Å²) < 4.78 is 0. The Morgan fingerprint density at radius 3 is 2.31 bits per heavy atom. The maximum atomic E-state index is 11.1. The largest absolute Gasteiger partial charge is 0.480 e. The zero-order chi connectivity index (χ0) is 11.5. The quantitative estimate of drug-likeness (QED) is 0.777. The van der Waals surface area contributed by atoms with Gasteiger partial charge in [0.05, 0.1) is 0 Å². The number of nitrogens with zero attached hydrogens (tertiary/aromatic N) is 2. The van der Waals surface area contributed by atoms with Crippen LogP contribution in [0.1, 0.15) is 32.6 Å². The Bertz CT molecular complexity index is 245. The Balaban J connectivity index is 1.81. The van der Waals surface area contributed by atoms with Gasteiger partial charge >= 0.3 is 5.97 Å². The number of carboxylic acid groups (broad SMARTS) is 1. The lowest BCUT2D eigenvalue weighted by Crippen LogP contribution is -2.55. The standard InChI is InChI=1S/C12H22N2O2/c1-2-11(12(15)16)14-8-6-13(7-9-14)10-4-3-5-10/h10-11H,2-9H2,1H3,(H,15,16)/t11-/m0/s1. The monoisotopic (exact) mass is 226 g/mol. The summed E-state index contributed by atoms with van der Waals surface area (Å²) in [6.07, 6.45) is 4.77. The first-order valence-corrected chi connectivity index (χ1v) is 6.43. The topological polar surface area (TPSA) is 43.8 Å². The summed E-state index contributed by atoms with van der Waals surface area (Å²) in [7, 11) is 0. The molecule has 1 aliphatic heterocycles. The van der Waals surface area contributed by atoms with Crippen molar-refractivity contribution in [2.45, 2.75) is 44.7 Å². The number of carbonyl (C=O) groups is 1. The second kappa shape index (κ2) is 5.15. The number of hydrogen-bond donors (Lipinski definition) is 1. The SMILES string of the molecule is CC[C@@H](C(=O)O)N1CCN(C2CCC2)CC1. The molecule has 1 atom stereocenters. The smallest absolute Gasteiger partial charge is 0.320 e. The first kappa shape index (κ1) is 11.9. The molecule has 4 nitrogen and oxygen atoms in total. The summed E-state index contributed by atoms with van der Waals surface area (Å²) in [4.78, 5) is 15.7. The fourth-order valence-electron chi connectivity index (χ4n) is 2.76. The molecule has 1 aliphatic carbocycles. The minimum absolute atomic E-state index is 0.274. The van der Waals surface area contributed by atoms with E-state index in [9.17, 15) is 4.79 Å². The predicted octanol–water partition coefficient (Wildman–Crippen LogP) is 1.02. The van der Waals surface area contributed by atoms with Crippen molar-refractivity contribution in [3.63, 3.8) is 0 Å². The molecule has 0 aromatic rings. The van der Waals surface area contributed by atoms with Crippen molar-refractivity contribution in [3.8, 4) is 0 Å². The molecule has 16 heavy (non-hydrogen) atoms. The predicted molar refractivity (Wildman–Crippen MR) is 62.5 cm³/mol. The summed E-state index contributed by atoms with van der Waals surface area (Å²) in [5, 5.41) is 9.10. The lowest BCUT2D eigenvalue weighted by molar-refractivity contribution is -0.144. The van der Waals surface area contributed by atoms with Gasteiger partial charge < -0.3 is 5.11 Å². The van der Waals surface area contributed by atoms with Crippen LogP contribution in [0.3, 0.4) is 0 Å². The van der Waals surface area contributed by atoms with Crippen LogP contribution in [0.2, 0.25) is 0 Å². The molecule has 1 saturated heterocycles. The average molecular weight is 226 g/mol. The lowest BCUT2D eigenvalue weighted by Gasteiger charge is -2.44. The molecule has 1 N–H and O–H groups in total. The van der Waals surface area contributed by atoms with Crippen LogP contribution in [-0.2, 0) is 4.79 Å². The van der Waals surface area contributed by atoms with Crippen molar-refractivity contribution in [1.82, 2.24) is 9.80 Å². The Hall–Kier alpha value is -0.610. The van der Waals surface area contributed by atoms with E-state index in [0.717, 1.165) is 32.2 Å². The highest BCUT2D eigenvalue weighted by Crippen LogP contribution is 2.25. The average Bonchev–Trinajstić information content (AvgIpc) is 2.18. The van der Waals surface area contributed by atoms with Gasteiger partial charge in [0.25, 0.3) is 0 Å². The van der Waals surface area contributed by atoms with E-state index in [1.54, 1.807) is 0 Å². The number of aliphatic carboxylic acids is 1. The third-order valence-corrected chi connectivity index (χ3v) is 4.05. The van der Waals surface area contributed by atoms with E-state index in [1.165, 1.54) is 19.3 Å². The first-order valence-electron chi connectivity index (χ1n) is 6.43. The highest BCUT2D eigenvalue weighted by Gasteiger charge is 2.31. The maximum Gasteiger partial charge on any atom is 0.320 e. The second-order valence-electron chi connectivity index (χ2n) is 4.92. The van der Waals surface area contributed by atoms with E-state index >= 15 is 0 Å². The van der Waals surface area contributed by atoms with Crippen LogP contribution in [0.15, 0.2) is 0 Å². The zero-order valence-corrected chi connectivity index (χ0v) is 10.1. The van der Waals surface area contributed by atoms with Gasteiger partial charge in [-0.3, -0.25) is 14.6 Å². The zero-order valence-electron chi connectivity index (χ0n) is 10.1. The summed E-state index contributed by atoms with van der Waals surface area (Å²) in [6.45, 7) is 5.89. The fourth-order valence-corrected chi connectivity index (χ4v) is 2.76. The summed E-state index contributed by atoms with van der Waals surface area (Å²) in [5.74, 6) is -0.667. The third kappa shape index (κ3) is 2.38. The Morgan fingerprint density at radius 2 is 1.94 bits per heavy atom. The molecular weight excluding hydrogens is 204 g/mol. The highest BCUT2D eigenvalue weighted by molar-refractivity contribution is 5.73. The Labute approximate surface area is 97.2 Å². The summed E-state index contributed by atoms with van der Waals surface area (Å²) >= 11 is 0. The molecule has 0 aromatic heterocycles. The highest BCUT2D eigenvalue weighted by atomic mass is 16.4. The lowest BCUT2D eigenvalue weighted by atomic mass is 9.91. The molecule has 1 heterocycles. The molecule has 1 saturated carbocycles. The van der Waals surface area contributed by atoms with Crippen LogP contribution in [0.5, 0.6) is 0 Å². The minimum atomic E-state index is -0.667. The van der Waals surface area contributed by atoms with Gasteiger partial charge in [0.2, 0.25) is 0 Å². The number of hydrogen-bond acceptors (Lipinski definition) is 3. The van der Waals surface area contributed by atoms with Gasteiger partial charge in [-0.1, -0.05) is 13.3 Å². The molecule has 4 heteroatoms. The van der Waals surface area contributed by atoms with Gasteiger partial charge in [-0.25, -0.2) is 0 Å². The van der Waals surface area contributed by atoms with Crippen molar-refractivity contribution in [1.29, 1.82) is 0 Å². The molecular formula is C12H22N2O2. The van der Waals surface area contributed by atoms with Crippen molar-refractivity contribution in [3.05, 3.63) is 0 Å². The van der Waals surface area contributed by atoms with E-state index in [4.69, 9.17) is 5.11 Å². The molecule has 2 fully saturated rings. The van der Waals surface area contributed by atoms with E-state index in [2.05, 4.69) is 9.80 Å². The van der Waals surface area contributed by atoms with Gasteiger partial charge in [0.1, 0.15) is 6.04 Å². The molecule has 92 valence electrons. The van der Waals surface area contributed by atoms with E-state index in [1.807, 2.05) is 6.92 Å². The fraction of sp³-hybridized carbons (Fsp3) is 0.917. The molecule has 0 amide bonds. The maximum absolute atomic E-state index is 11.1. The first-order chi connectivity index (χ1) is 7.72. The normalized spacial score (nSPS) is 26.3. The second-order valence-corrected chi connectivity index (χ2v) is 4.92. The number of carboxylic acids is 1. The number of piperazine rings is 1. The van der Waals surface area contributed by atoms with E-state index in [-0.39, 0.29) is 6.04 Å². The van der Waals surface area contributed by atoms with E-state index in [0.29, 0.717) is 6.42 Å². The third-order valence-electron chi connectivity index (χ3n) is 4.05. The Morgan fingerprint density at radius 1 is 1.31 bits per heavy atom. The molecule has 2 rings (SSSR count). The van der Waals surface area contributed by atoms with Crippen molar-refractivity contribution < 1.29 is 9.90 Å². The van der Waals surface area contributed by atoms with Gasteiger partial charge in [0, 0.05) is 32.2 Å². The van der Waals surface area contributed by atoms with Crippen LogP contribution >= 0.6 is 0 Å². The number of rotatable bonds is 4. The van der Waals surface area contributed by atoms with Crippen molar-refractivity contribution in [2.75, 3.05) is 26.2 Å². The van der Waals surface area contributed by atoms with Crippen LogP contribution in [0.4, 0.5) is 0 Å². The van der Waals surface area contributed by atoms with Gasteiger partial charge in [0.15, 0.2) is 0 Å². The van der Waals surface area contributed by atoms with Crippen LogP contribution < -0.4 is 0 Å². The van der Waals surface area contributed by atoms with Crippen molar-refractivity contribution in [2.24, 2.45) is 0 Å². The molecule has 0 unspecified atom stereocenters. The van der Waals surface area contributed by atoms with Crippen LogP contribution in [0.25, 0.3) is 0 Å². The van der Waals surface area contributed by atoms with Crippen molar-refractivity contribution >= 4 is 5.97 Å². The van der Waals surface area contributed by atoms with Crippen LogP contribution in [0, 0.1) is 0 Å².